The van der Waals surface area contributed by atoms with Crippen LogP contribution in [0.1, 0.15) is 38.5 Å². The Kier molecular flexibility index (Phi) is 7.80. The predicted octanol–water partition coefficient (Wildman–Crippen LogP) is 2.95. The molecule has 5 nitrogen and oxygen atoms in total. The van der Waals surface area contributed by atoms with Gasteiger partial charge in [-0.2, -0.15) is 0 Å². The van der Waals surface area contributed by atoms with Gasteiger partial charge in [0.15, 0.2) is 5.13 Å². The standard InChI is InChI=1S/C17H26N4OS.2ClH/c22-16(12-13-10-14-2-3-15(11-13)19-14)20-5-1-6-21(8-7-20)17-18-4-9-23-17;;/h4,9,13-15,19H,1-3,5-8,10-12H2;2*1H. The fourth-order valence-electron chi connectivity index (χ4n) is 4.45. The molecule has 142 valence electrons. The smallest absolute Gasteiger partial charge is 0.222 e. The number of piperidine rings is 1. The second-order valence-corrected chi connectivity index (χ2v) is 8.09. The van der Waals surface area contributed by atoms with Crippen LogP contribution in [0.15, 0.2) is 11.6 Å². The summed E-state index contributed by atoms with van der Waals surface area (Å²) in [5.74, 6) is 0.969. The average Bonchev–Trinajstić information content (AvgIpc) is 3.11. The van der Waals surface area contributed by atoms with Crippen LogP contribution in [0.3, 0.4) is 0 Å². The molecule has 3 aliphatic rings. The van der Waals surface area contributed by atoms with E-state index in [1.807, 2.05) is 11.6 Å². The molecule has 2 bridgehead atoms. The van der Waals surface area contributed by atoms with E-state index in [9.17, 15) is 4.79 Å². The Morgan fingerprint density at radius 2 is 1.92 bits per heavy atom. The Morgan fingerprint density at radius 3 is 2.60 bits per heavy atom. The highest BCUT2D eigenvalue weighted by molar-refractivity contribution is 7.13. The van der Waals surface area contributed by atoms with E-state index >= 15 is 0 Å². The summed E-state index contributed by atoms with van der Waals surface area (Å²) in [7, 11) is 0. The molecule has 0 radical (unpaired) electrons. The number of nitrogens with one attached hydrogen (secondary N) is 1. The first-order valence-electron chi connectivity index (χ1n) is 8.96. The van der Waals surface area contributed by atoms with E-state index in [1.54, 1.807) is 11.3 Å². The number of fused-ring (bicyclic) bond motifs is 2. The lowest BCUT2D eigenvalue weighted by Gasteiger charge is -2.30. The van der Waals surface area contributed by atoms with Crippen LogP contribution in [0.4, 0.5) is 5.13 Å². The van der Waals surface area contributed by atoms with Gasteiger partial charge in [0.05, 0.1) is 0 Å². The summed E-state index contributed by atoms with van der Waals surface area (Å²) in [4.78, 5) is 21.5. The van der Waals surface area contributed by atoms with Crippen molar-refractivity contribution in [3.63, 3.8) is 0 Å². The summed E-state index contributed by atoms with van der Waals surface area (Å²) in [6.07, 6.45) is 8.67. The monoisotopic (exact) mass is 406 g/mol. The van der Waals surface area contributed by atoms with Crippen LogP contribution in [-0.4, -0.2) is 54.1 Å². The van der Waals surface area contributed by atoms with Gasteiger partial charge in [0.2, 0.25) is 5.91 Å². The number of carbonyl (C=O) groups is 1. The molecule has 0 aromatic carbocycles. The van der Waals surface area contributed by atoms with Crippen molar-refractivity contribution in [1.82, 2.24) is 15.2 Å². The Morgan fingerprint density at radius 1 is 1.16 bits per heavy atom. The lowest BCUT2D eigenvalue weighted by atomic mass is 9.89. The summed E-state index contributed by atoms with van der Waals surface area (Å²) in [5, 5.41) is 6.78. The van der Waals surface area contributed by atoms with Gasteiger partial charge in [0.25, 0.3) is 0 Å². The van der Waals surface area contributed by atoms with E-state index in [2.05, 4.69) is 20.1 Å². The lowest BCUT2D eigenvalue weighted by Crippen LogP contribution is -2.41. The molecule has 4 heterocycles. The largest absolute Gasteiger partial charge is 0.346 e. The number of thiazole rings is 1. The van der Waals surface area contributed by atoms with Gasteiger partial charge >= 0.3 is 0 Å². The molecule has 8 heteroatoms. The minimum Gasteiger partial charge on any atom is -0.346 e. The molecule has 2 atom stereocenters. The number of rotatable bonds is 3. The molecular formula is C17H28Cl2N4OS. The van der Waals surface area contributed by atoms with Crippen LogP contribution in [0, 0.1) is 5.92 Å². The highest BCUT2D eigenvalue weighted by Gasteiger charge is 2.35. The number of hydrogen-bond acceptors (Lipinski definition) is 5. The minimum atomic E-state index is 0. The van der Waals surface area contributed by atoms with Crippen molar-refractivity contribution in [3.8, 4) is 0 Å². The molecule has 1 amide bonds. The van der Waals surface area contributed by atoms with Gasteiger partial charge in [0, 0.05) is 56.3 Å². The molecule has 1 aromatic rings. The first-order chi connectivity index (χ1) is 11.3. The van der Waals surface area contributed by atoms with Crippen molar-refractivity contribution >= 4 is 47.2 Å². The van der Waals surface area contributed by atoms with E-state index in [0.29, 0.717) is 23.9 Å². The summed E-state index contributed by atoms with van der Waals surface area (Å²) in [6.45, 7) is 3.67. The number of aromatic nitrogens is 1. The lowest BCUT2D eigenvalue weighted by molar-refractivity contribution is -0.132. The molecule has 3 aliphatic heterocycles. The number of amides is 1. The molecule has 1 N–H and O–H groups in total. The van der Waals surface area contributed by atoms with Crippen molar-refractivity contribution in [2.75, 3.05) is 31.1 Å². The number of carbonyl (C=O) groups excluding carboxylic acids is 1. The third-order valence-electron chi connectivity index (χ3n) is 5.57. The second-order valence-electron chi connectivity index (χ2n) is 7.22. The Labute approximate surface area is 166 Å². The number of halogens is 2. The predicted molar refractivity (Wildman–Crippen MR) is 107 cm³/mol. The molecule has 0 spiro atoms. The molecule has 4 rings (SSSR count). The Balaban J connectivity index is 0.00000113. The summed E-state index contributed by atoms with van der Waals surface area (Å²) >= 11 is 1.69. The highest BCUT2D eigenvalue weighted by Crippen LogP contribution is 2.33. The van der Waals surface area contributed by atoms with Gasteiger partial charge in [-0.1, -0.05) is 0 Å². The van der Waals surface area contributed by atoms with Crippen molar-refractivity contribution in [3.05, 3.63) is 11.6 Å². The maximum Gasteiger partial charge on any atom is 0.222 e. The van der Waals surface area contributed by atoms with Gasteiger partial charge in [-0.05, 0) is 38.0 Å². The molecule has 2 unspecified atom stereocenters. The van der Waals surface area contributed by atoms with Gasteiger partial charge in [-0.3, -0.25) is 4.79 Å². The van der Waals surface area contributed by atoms with Gasteiger partial charge < -0.3 is 15.1 Å². The van der Waals surface area contributed by atoms with Gasteiger partial charge in [0.1, 0.15) is 0 Å². The van der Waals surface area contributed by atoms with Crippen LogP contribution in [0.2, 0.25) is 0 Å². The summed E-state index contributed by atoms with van der Waals surface area (Å²) in [5.41, 5.74) is 0. The van der Waals surface area contributed by atoms with Gasteiger partial charge in [-0.15, -0.1) is 36.2 Å². The molecule has 3 fully saturated rings. The quantitative estimate of drug-likeness (QED) is 0.837. The van der Waals surface area contributed by atoms with Gasteiger partial charge in [-0.25, -0.2) is 4.98 Å². The zero-order valence-corrected chi connectivity index (χ0v) is 16.9. The Bertz CT molecular complexity index is 533. The van der Waals surface area contributed by atoms with Crippen molar-refractivity contribution < 1.29 is 4.79 Å². The SMILES string of the molecule is Cl.Cl.O=C(CC1CC2CCC(C1)N2)N1CCCN(c2nccs2)CC1. The van der Waals surface area contributed by atoms with Crippen molar-refractivity contribution in [2.45, 2.75) is 50.6 Å². The number of hydrogen-bond donors (Lipinski definition) is 1. The zero-order chi connectivity index (χ0) is 15.6. The van der Waals surface area contributed by atoms with E-state index in [0.717, 1.165) is 44.2 Å². The van der Waals surface area contributed by atoms with Crippen LogP contribution in [-0.2, 0) is 4.79 Å². The van der Waals surface area contributed by atoms with E-state index in [-0.39, 0.29) is 24.8 Å². The minimum absolute atomic E-state index is 0. The third kappa shape index (κ3) is 5.00. The van der Waals surface area contributed by atoms with Crippen molar-refractivity contribution in [2.24, 2.45) is 5.92 Å². The van der Waals surface area contributed by atoms with Crippen LogP contribution < -0.4 is 10.2 Å². The van der Waals surface area contributed by atoms with E-state index in [1.165, 1.54) is 25.7 Å². The topological polar surface area (TPSA) is 48.5 Å². The molecule has 3 saturated heterocycles. The number of nitrogens with zero attached hydrogens (tertiary/aromatic N) is 3. The molecular weight excluding hydrogens is 379 g/mol. The third-order valence-corrected chi connectivity index (χ3v) is 6.40. The van der Waals surface area contributed by atoms with E-state index < -0.39 is 0 Å². The van der Waals surface area contributed by atoms with Crippen molar-refractivity contribution in [1.29, 1.82) is 0 Å². The molecule has 0 saturated carbocycles. The zero-order valence-electron chi connectivity index (χ0n) is 14.4. The fraction of sp³-hybridized carbons (Fsp3) is 0.765. The Hall–Kier alpha value is -0.560. The highest BCUT2D eigenvalue weighted by atomic mass is 35.5. The molecule has 0 aliphatic carbocycles. The molecule has 25 heavy (non-hydrogen) atoms. The molecule has 1 aromatic heterocycles. The second kappa shape index (κ2) is 9.40. The number of anilines is 1. The average molecular weight is 407 g/mol. The first kappa shape index (κ1) is 20.7. The first-order valence-corrected chi connectivity index (χ1v) is 9.84. The maximum absolute atomic E-state index is 12.7. The fourth-order valence-corrected chi connectivity index (χ4v) is 5.14. The normalized spacial score (nSPS) is 28.7. The summed E-state index contributed by atoms with van der Waals surface area (Å²) < 4.78 is 0. The summed E-state index contributed by atoms with van der Waals surface area (Å²) in [6, 6.07) is 1.35. The van der Waals surface area contributed by atoms with Crippen LogP contribution in [0.25, 0.3) is 0 Å². The maximum atomic E-state index is 12.7. The van der Waals surface area contributed by atoms with E-state index in [4.69, 9.17) is 0 Å². The van der Waals surface area contributed by atoms with Crippen LogP contribution in [0.5, 0.6) is 0 Å². The van der Waals surface area contributed by atoms with Crippen LogP contribution >= 0.6 is 36.2 Å².